The standard InChI is InChI=1S/C15H21FN4/c1-11(13-6-4-5-7-14(13)16)19(2)10-15(17)12-8-18-20(3)9-12/h4-9,11,15H,10,17H2,1-3H3. The molecule has 0 radical (unpaired) electrons. The van der Waals surface area contributed by atoms with Crippen LogP contribution < -0.4 is 5.73 Å². The van der Waals surface area contributed by atoms with E-state index in [9.17, 15) is 4.39 Å². The van der Waals surface area contributed by atoms with Gasteiger partial charge in [0.1, 0.15) is 5.82 Å². The zero-order valence-electron chi connectivity index (χ0n) is 12.1. The molecule has 4 nitrogen and oxygen atoms in total. The van der Waals surface area contributed by atoms with Crippen molar-refractivity contribution in [2.75, 3.05) is 13.6 Å². The van der Waals surface area contributed by atoms with Crippen molar-refractivity contribution in [3.05, 3.63) is 53.6 Å². The first kappa shape index (κ1) is 14.7. The van der Waals surface area contributed by atoms with E-state index in [1.807, 2.05) is 39.3 Å². The summed E-state index contributed by atoms with van der Waals surface area (Å²) in [6, 6.07) is 6.69. The average molecular weight is 276 g/mol. The summed E-state index contributed by atoms with van der Waals surface area (Å²) in [7, 11) is 3.81. The Kier molecular flexibility index (Phi) is 4.52. The summed E-state index contributed by atoms with van der Waals surface area (Å²) < 4.78 is 15.5. The number of aromatic nitrogens is 2. The minimum atomic E-state index is -0.179. The van der Waals surface area contributed by atoms with Crippen LogP contribution in [0.5, 0.6) is 0 Å². The van der Waals surface area contributed by atoms with E-state index >= 15 is 0 Å². The quantitative estimate of drug-likeness (QED) is 0.911. The molecular weight excluding hydrogens is 255 g/mol. The molecular formula is C15H21FN4. The van der Waals surface area contributed by atoms with E-state index < -0.39 is 0 Å². The third-order valence-electron chi connectivity index (χ3n) is 3.65. The molecule has 0 aliphatic heterocycles. The molecule has 5 heteroatoms. The maximum Gasteiger partial charge on any atom is 0.127 e. The molecule has 108 valence electrons. The monoisotopic (exact) mass is 276 g/mol. The van der Waals surface area contributed by atoms with Crippen LogP contribution in [-0.4, -0.2) is 28.3 Å². The van der Waals surface area contributed by atoms with Gasteiger partial charge in [0, 0.05) is 43.0 Å². The maximum atomic E-state index is 13.8. The van der Waals surface area contributed by atoms with Crippen LogP contribution >= 0.6 is 0 Å². The van der Waals surface area contributed by atoms with Crippen molar-refractivity contribution < 1.29 is 4.39 Å². The second-order valence-electron chi connectivity index (χ2n) is 5.19. The Labute approximate surface area is 119 Å². The molecule has 0 amide bonds. The minimum absolute atomic E-state index is 0.0288. The van der Waals surface area contributed by atoms with Crippen molar-refractivity contribution in [2.24, 2.45) is 12.8 Å². The van der Waals surface area contributed by atoms with Crippen molar-refractivity contribution in [1.82, 2.24) is 14.7 Å². The highest BCUT2D eigenvalue weighted by atomic mass is 19.1. The Hall–Kier alpha value is -1.72. The molecule has 20 heavy (non-hydrogen) atoms. The normalized spacial score (nSPS) is 14.5. The molecule has 1 aromatic carbocycles. The van der Waals surface area contributed by atoms with Gasteiger partial charge in [0.15, 0.2) is 0 Å². The van der Waals surface area contributed by atoms with Crippen molar-refractivity contribution in [1.29, 1.82) is 0 Å². The van der Waals surface area contributed by atoms with Crippen molar-refractivity contribution in [3.63, 3.8) is 0 Å². The first-order valence-corrected chi connectivity index (χ1v) is 6.68. The van der Waals surface area contributed by atoms with E-state index in [0.717, 1.165) is 5.56 Å². The number of benzene rings is 1. The molecule has 2 rings (SSSR count). The van der Waals surface area contributed by atoms with Crippen LogP contribution in [0, 0.1) is 5.82 Å². The number of rotatable bonds is 5. The van der Waals surface area contributed by atoms with Crippen LogP contribution in [0.1, 0.15) is 30.1 Å². The molecule has 1 heterocycles. The summed E-state index contributed by atoms with van der Waals surface area (Å²) in [5, 5.41) is 4.12. The molecule has 0 saturated carbocycles. The van der Waals surface area contributed by atoms with E-state index in [0.29, 0.717) is 12.1 Å². The van der Waals surface area contributed by atoms with Gasteiger partial charge in [0.2, 0.25) is 0 Å². The van der Waals surface area contributed by atoms with Crippen molar-refractivity contribution >= 4 is 0 Å². The lowest BCUT2D eigenvalue weighted by Gasteiger charge is -2.27. The van der Waals surface area contributed by atoms with E-state index in [4.69, 9.17) is 5.73 Å². The predicted molar refractivity (Wildman–Crippen MR) is 77.6 cm³/mol. The smallest absolute Gasteiger partial charge is 0.127 e. The molecule has 2 aromatic rings. The Morgan fingerprint density at radius 2 is 2.10 bits per heavy atom. The maximum absolute atomic E-state index is 13.8. The summed E-state index contributed by atoms with van der Waals surface area (Å²) in [6.07, 6.45) is 3.68. The van der Waals surface area contributed by atoms with Gasteiger partial charge in [-0.3, -0.25) is 9.58 Å². The summed E-state index contributed by atoms with van der Waals surface area (Å²) in [6.45, 7) is 2.62. The Morgan fingerprint density at radius 3 is 2.70 bits per heavy atom. The first-order chi connectivity index (χ1) is 9.49. The molecule has 0 bridgehead atoms. The van der Waals surface area contributed by atoms with Crippen LogP contribution in [-0.2, 0) is 7.05 Å². The molecule has 0 fully saturated rings. The molecule has 2 N–H and O–H groups in total. The number of halogens is 1. The SMILES string of the molecule is CC(c1ccccc1F)N(C)CC(N)c1cnn(C)c1. The molecule has 2 atom stereocenters. The molecule has 0 spiro atoms. The number of nitrogens with two attached hydrogens (primary N) is 1. The van der Waals surface area contributed by atoms with Crippen LogP contribution in [0.25, 0.3) is 0 Å². The van der Waals surface area contributed by atoms with Crippen LogP contribution in [0.3, 0.4) is 0 Å². The highest BCUT2D eigenvalue weighted by molar-refractivity contribution is 5.21. The third kappa shape index (κ3) is 3.23. The third-order valence-corrected chi connectivity index (χ3v) is 3.65. The van der Waals surface area contributed by atoms with Gasteiger partial charge in [-0.05, 0) is 20.0 Å². The van der Waals surface area contributed by atoms with E-state index in [1.165, 1.54) is 6.07 Å². The zero-order chi connectivity index (χ0) is 14.7. The minimum Gasteiger partial charge on any atom is -0.323 e. The number of hydrogen-bond acceptors (Lipinski definition) is 3. The predicted octanol–water partition coefficient (Wildman–Crippen LogP) is 2.25. The largest absolute Gasteiger partial charge is 0.323 e. The van der Waals surface area contributed by atoms with E-state index in [1.54, 1.807) is 16.9 Å². The van der Waals surface area contributed by atoms with Gasteiger partial charge in [-0.15, -0.1) is 0 Å². The Balaban J connectivity index is 2.04. The van der Waals surface area contributed by atoms with Gasteiger partial charge in [-0.2, -0.15) is 5.10 Å². The first-order valence-electron chi connectivity index (χ1n) is 6.68. The lowest BCUT2D eigenvalue weighted by Crippen LogP contribution is -2.31. The van der Waals surface area contributed by atoms with Gasteiger partial charge in [-0.25, -0.2) is 4.39 Å². The van der Waals surface area contributed by atoms with Gasteiger partial charge >= 0.3 is 0 Å². The lowest BCUT2D eigenvalue weighted by atomic mass is 10.1. The second kappa shape index (κ2) is 6.15. The number of nitrogens with zero attached hydrogens (tertiary/aromatic N) is 3. The van der Waals surface area contributed by atoms with E-state index in [2.05, 4.69) is 10.00 Å². The Bertz CT molecular complexity index is 567. The Morgan fingerprint density at radius 1 is 1.40 bits per heavy atom. The molecule has 2 unspecified atom stereocenters. The van der Waals surface area contributed by atoms with Crippen molar-refractivity contribution in [3.8, 4) is 0 Å². The summed E-state index contributed by atoms with van der Waals surface area (Å²) >= 11 is 0. The average Bonchev–Trinajstić information content (AvgIpc) is 2.85. The second-order valence-corrected chi connectivity index (χ2v) is 5.19. The molecule has 0 aliphatic rings. The van der Waals surface area contributed by atoms with Gasteiger partial charge in [0.25, 0.3) is 0 Å². The van der Waals surface area contributed by atoms with Crippen molar-refractivity contribution in [2.45, 2.75) is 19.0 Å². The van der Waals surface area contributed by atoms with Crippen LogP contribution in [0.4, 0.5) is 4.39 Å². The van der Waals surface area contributed by atoms with Gasteiger partial charge in [-0.1, -0.05) is 18.2 Å². The fourth-order valence-electron chi connectivity index (χ4n) is 2.26. The van der Waals surface area contributed by atoms with Crippen LogP contribution in [0.2, 0.25) is 0 Å². The number of hydrogen-bond donors (Lipinski definition) is 1. The molecule has 1 aromatic heterocycles. The van der Waals surface area contributed by atoms with Gasteiger partial charge < -0.3 is 5.73 Å². The summed E-state index contributed by atoms with van der Waals surface area (Å²) in [5.74, 6) is -0.179. The zero-order valence-corrected chi connectivity index (χ0v) is 12.1. The van der Waals surface area contributed by atoms with Crippen LogP contribution in [0.15, 0.2) is 36.7 Å². The fraction of sp³-hybridized carbons (Fsp3) is 0.400. The summed E-state index contributed by atoms with van der Waals surface area (Å²) in [5.41, 5.74) is 7.85. The summed E-state index contributed by atoms with van der Waals surface area (Å²) in [4.78, 5) is 2.05. The number of likely N-dealkylation sites (N-methyl/N-ethyl adjacent to an activating group) is 1. The van der Waals surface area contributed by atoms with Gasteiger partial charge in [0.05, 0.1) is 6.20 Å². The molecule has 0 aliphatic carbocycles. The molecule has 0 saturated heterocycles. The highest BCUT2D eigenvalue weighted by Crippen LogP contribution is 2.23. The number of aryl methyl sites for hydroxylation is 1. The topological polar surface area (TPSA) is 47.1 Å². The van der Waals surface area contributed by atoms with E-state index in [-0.39, 0.29) is 17.9 Å². The fourth-order valence-corrected chi connectivity index (χ4v) is 2.26. The highest BCUT2D eigenvalue weighted by Gasteiger charge is 2.18. The lowest BCUT2D eigenvalue weighted by molar-refractivity contribution is 0.241.